The normalized spacial score (nSPS) is 19.7. The summed E-state index contributed by atoms with van der Waals surface area (Å²) in [6, 6.07) is 12.6. The van der Waals surface area contributed by atoms with E-state index in [4.69, 9.17) is 4.74 Å². The van der Waals surface area contributed by atoms with Crippen LogP contribution in [0.5, 0.6) is 0 Å². The zero-order valence-corrected chi connectivity index (χ0v) is 15.0. The number of pyridine rings is 1. The Labute approximate surface area is 154 Å². The molecule has 1 aromatic heterocycles. The van der Waals surface area contributed by atoms with Crippen LogP contribution in [-0.4, -0.2) is 30.1 Å². The van der Waals surface area contributed by atoms with Crippen molar-refractivity contribution in [3.8, 4) is 0 Å². The number of hydrogen-bond donors (Lipinski definition) is 1. The Hall–Kier alpha value is -2.40. The zero-order valence-electron chi connectivity index (χ0n) is 15.0. The van der Waals surface area contributed by atoms with Crippen LogP contribution in [0.3, 0.4) is 0 Å². The maximum absolute atomic E-state index is 12.4. The minimum atomic E-state index is -0.300. The van der Waals surface area contributed by atoms with Gasteiger partial charge in [0.1, 0.15) is 11.9 Å². The molecule has 1 amide bonds. The Kier molecular flexibility index (Phi) is 5.16. The third-order valence-electron chi connectivity index (χ3n) is 5.22. The highest BCUT2D eigenvalue weighted by molar-refractivity contribution is 5.80. The van der Waals surface area contributed by atoms with Crippen LogP contribution in [0.25, 0.3) is 0 Å². The second-order valence-corrected chi connectivity index (χ2v) is 7.00. The van der Waals surface area contributed by atoms with Crippen molar-refractivity contribution in [3.63, 3.8) is 0 Å². The summed E-state index contributed by atoms with van der Waals surface area (Å²) >= 11 is 0. The van der Waals surface area contributed by atoms with E-state index in [1.807, 2.05) is 18.3 Å². The third kappa shape index (κ3) is 3.73. The number of aromatic nitrogens is 1. The maximum Gasteiger partial charge on any atom is 0.249 e. The lowest BCUT2D eigenvalue weighted by Gasteiger charge is -2.31. The molecule has 1 aromatic carbocycles. The summed E-state index contributed by atoms with van der Waals surface area (Å²) in [4.78, 5) is 19.3. The van der Waals surface area contributed by atoms with Gasteiger partial charge in [-0.2, -0.15) is 0 Å². The molecule has 0 radical (unpaired) electrons. The van der Waals surface area contributed by atoms with Gasteiger partial charge in [0.05, 0.1) is 0 Å². The van der Waals surface area contributed by atoms with Gasteiger partial charge in [-0.25, -0.2) is 4.98 Å². The molecule has 0 spiro atoms. The minimum absolute atomic E-state index is 0.0107. The van der Waals surface area contributed by atoms with Crippen molar-refractivity contribution in [2.45, 2.75) is 44.9 Å². The molecule has 2 aliphatic rings. The molecule has 3 heterocycles. The molecule has 4 rings (SSSR count). The van der Waals surface area contributed by atoms with Gasteiger partial charge in [0, 0.05) is 38.0 Å². The van der Waals surface area contributed by atoms with Crippen LogP contribution in [0, 0.1) is 0 Å². The molecule has 0 saturated carbocycles. The number of carbonyl (C=O) groups excluding carboxylic acids is 1. The van der Waals surface area contributed by atoms with Crippen molar-refractivity contribution in [2.75, 3.05) is 18.1 Å². The van der Waals surface area contributed by atoms with Gasteiger partial charge in [0.15, 0.2) is 0 Å². The lowest BCUT2D eigenvalue weighted by molar-refractivity contribution is -0.135. The highest BCUT2D eigenvalue weighted by Gasteiger charge is 2.23. The molecule has 0 aliphatic carbocycles. The van der Waals surface area contributed by atoms with E-state index in [2.05, 4.69) is 39.5 Å². The Morgan fingerprint density at radius 3 is 2.92 bits per heavy atom. The van der Waals surface area contributed by atoms with Crippen LogP contribution >= 0.6 is 0 Å². The van der Waals surface area contributed by atoms with Gasteiger partial charge in [-0.05, 0) is 42.9 Å². The number of ether oxygens (including phenoxy) is 1. The van der Waals surface area contributed by atoms with Crippen LogP contribution in [0.2, 0.25) is 0 Å². The number of nitrogens with zero attached hydrogens (tertiary/aromatic N) is 2. The van der Waals surface area contributed by atoms with Crippen molar-refractivity contribution < 1.29 is 9.53 Å². The first kappa shape index (κ1) is 17.0. The number of rotatable bonds is 4. The highest BCUT2D eigenvalue weighted by Crippen LogP contribution is 2.25. The zero-order chi connectivity index (χ0) is 17.8. The third-order valence-corrected chi connectivity index (χ3v) is 5.22. The predicted molar refractivity (Wildman–Crippen MR) is 101 cm³/mol. The van der Waals surface area contributed by atoms with Gasteiger partial charge in [0.2, 0.25) is 5.91 Å². The molecule has 1 unspecified atom stereocenters. The summed E-state index contributed by atoms with van der Waals surface area (Å²) in [6.45, 7) is 2.98. The van der Waals surface area contributed by atoms with E-state index in [1.165, 1.54) is 11.1 Å². The van der Waals surface area contributed by atoms with Crippen LogP contribution in [0.4, 0.5) is 5.82 Å². The fraction of sp³-hybridized carbons (Fsp3) is 0.429. The van der Waals surface area contributed by atoms with Crippen molar-refractivity contribution in [3.05, 3.63) is 59.3 Å². The van der Waals surface area contributed by atoms with Crippen LogP contribution in [-0.2, 0) is 29.0 Å². The van der Waals surface area contributed by atoms with Gasteiger partial charge in [-0.15, -0.1) is 0 Å². The molecular formula is C21H25N3O2. The van der Waals surface area contributed by atoms with E-state index in [0.717, 1.165) is 50.2 Å². The van der Waals surface area contributed by atoms with Crippen LogP contribution in [0.15, 0.2) is 42.6 Å². The molecule has 1 saturated heterocycles. The lowest BCUT2D eigenvalue weighted by Crippen LogP contribution is -2.38. The SMILES string of the molecule is O=C(NCc1cccnc1N1CCc2ccccc2C1)C1CCCCO1. The molecule has 5 heteroatoms. The molecule has 1 N–H and O–H groups in total. The fourth-order valence-corrected chi connectivity index (χ4v) is 3.77. The first-order valence-electron chi connectivity index (χ1n) is 9.46. The summed E-state index contributed by atoms with van der Waals surface area (Å²) < 4.78 is 5.58. The number of benzene rings is 1. The first-order chi connectivity index (χ1) is 12.8. The van der Waals surface area contributed by atoms with Gasteiger partial charge < -0.3 is 15.0 Å². The molecule has 2 aliphatic heterocycles. The monoisotopic (exact) mass is 351 g/mol. The Morgan fingerprint density at radius 1 is 1.19 bits per heavy atom. The Morgan fingerprint density at radius 2 is 2.08 bits per heavy atom. The first-order valence-corrected chi connectivity index (χ1v) is 9.46. The smallest absolute Gasteiger partial charge is 0.249 e. The van der Waals surface area contributed by atoms with Gasteiger partial charge in [-0.3, -0.25) is 4.79 Å². The van der Waals surface area contributed by atoms with Gasteiger partial charge in [0.25, 0.3) is 0 Å². The average Bonchev–Trinajstić information content (AvgIpc) is 2.72. The van der Waals surface area contributed by atoms with E-state index in [-0.39, 0.29) is 12.0 Å². The van der Waals surface area contributed by atoms with Crippen LogP contribution < -0.4 is 10.2 Å². The fourth-order valence-electron chi connectivity index (χ4n) is 3.77. The molecule has 136 valence electrons. The number of anilines is 1. The molecule has 0 bridgehead atoms. The number of hydrogen-bond acceptors (Lipinski definition) is 4. The molecule has 2 aromatic rings. The number of nitrogens with one attached hydrogen (secondary N) is 1. The van der Waals surface area contributed by atoms with E-state index >= 15 is 0 Å². The molecule has 26 heavy (non-hydrogen) atoms. The number of fused-ring (bicyclic) bond motifs is 1. The predicted octanol–water partition coefficient (Wildman–Crippen LogP) is 2.83. The van der Waals surface area contributed by atoms with E-state index in [9.17, 15) is 4.79 Å². The Bertz CT molecular complexity index is 771. The molecular weight excluding hydrogens is 326 g/mol. The average molecular weight is 351 g/mol. The summed E-state index contributed by atoms with van der Waals surface area (Å²) in [5, 5.41) is 3.04. The topological polar surface area (TPSA) is 54.5 Å². The van der Waals surface area contributed by atoms with Crippen molar-refractivity contribution in [1.82, 2.24) is 10.3 Å². The van der Waals surface area contributed by atoms with E-state index in [0.29, 0.717) is 13.2 Å². The number of carbonyl (C=O) groups is 1. The largest absolute Gasteiger partial charge is 0.368 e. The molecule has 5 nitrogen and oxygen atoms in total. The second-order valence-electron chi connectivity index (χ2n) is 7.00. The summed E-state index contributed by atoms with van der Waals surface area (Å²) in [7, 11) is 0. The van der Waals surface area contributed by atoms with Crippen LogP contribution in [0.1, 0.15) is 36.0 Å². The van der Waals surface area contributed by atoms with Gasteiger partial charge in [-0.1, -0.05) is 30.3 Å². The quantitative estimate of drug-likeness (QED) is 0.920. The lowest BCUT2D eigenvalue weighted by atomic mass is 9.99. The molecule has 1 fully saturated rings. The second kappa shape index (κ2) is 7.87. The van der Waals surface area contributed by atoms with Crippen molar-refractivity contribution >= 4 is 11.7 Å². The standard InChI is InChI=1S/C21H25N3O2/c25-21(19-9-3-4-13-26-19)23-14-17-8-5-11-22-20(17)24-12-10-16-6-1-2-7-18(16)15-24/h1-2,5-8,11,19H,3-4,9-10,12-15H2,(H,23,25). The summed E-state index contributed by atoms with van der Waals surface area (Å²) in [5.74, 6) is 0.954. The van der Waals surface area contributed by atoms with Crippen molar-refractivity contribution in [1.29, 1.82) is 0 Å². The van der Waals surface area contributed by atoms with E-state index in [1.54, 1.807) is 0 Å². The van der Waals surface area contributed by atoms with E-state index < -0.39 is 0 Å². The van der Waals surface area contributed by atoms with Crippen molar-refractivity contribution in [2.24, 2.45) is 0 Å². The highest BCUT2D eigenvalue weighted by atomic mass is 16.5. The minimum Gasteiger partial charge on any atom is -0.368 e. The van der Waals surface area contributed by atoms with Gasteiger partial charge >= 0.3 is 0 Å². The summed E-state index contributed by atoms with van der Waals surface area (Å²) in [5.41, 5.74) is 3.83. The summed E-state index contributed by atoms with van der Waals surface area (Å²) in [6.07, 6.45) is 5.47. The molecule has 1 atom stereocenters. The number of amides is 1. The Balaban J connectivity index is 1.44. The maximum atomic E-state index is 12.4.